The lowest BCUT2D eigenvalue weighted by atomic mass is 9.88. The van der Waals surface area contributed by atoms with Gasteiger partial charge in [0, 0.05) is 63.2 Å². The number of piperidine rings is 1. The molecule has 0 bridgehead atoms. The third-order valence-electron chi connectivity index (χ3n) is 6.74. The van der Waals surface area contributed by atoms with Gasteiger partial charge >= 0.3 is 0 Å². The number of carbonyl (C=O) groups excluding carboxylic acids is 1. The molecule has 0 N–H and O–H groups in total. The molecule has 0 spiro atoms. The first-order valence-electron chi connectivity index (χ1n) is 10.3. The second-order valence-electron chi connectivity index (χ2n) is 8.24. The molecule has 2 aliphatic heterocycles. The molecule has 5 nitrogen and oxygen atoms in total. The van der Waals surface area contributed by atoms with E-state index in [0.29, 0.717) is 12.0 Å². The Balaban J connectivity index is 1.57. The summed E-state index contributed by atoms with van der Waals surface area (Å²) < 4.78 is 2.23. The molecule has 0 saturated carbocycles. The Morgan fingerprint density at radius 3 is 2.27 bits per heavy atom. The van der Waals surface area contributed by atoms with Crippen molar-refractivity contribution in [3.63, 3.8) is 0 Å². The molecule has 1 atom stereocenters. The molecule has 146 valence electrons. The second-order valence-corrected chi connectivity index (χ2v) is 8.24. The maximum Gasteiger partial charge on any atom is 0.255 e. The van der Waals surface area contributed by atoms with Crippen molar-refractivity contribution in [3.8, 4) is 0 Å². The van der Waals surface area contributed by atoms with Crippen LogP contribution >= 0.6 is 0 Å². The van der Waals surface area contributed by atoms with E-state index in [-0.39, 0.29) is 5.91 Å². The maximum absolute atomic E-state index is 13.0. The van der Waals surface area contributed by atoms with Crippen molar-refractivity contribution in [2.75, 3.05) is 46.3 Å². The summed E-state index contributed by atoms with van der Waals surface area (Å²) in [5.41, 5.74) is 3.20. The summed E-state index contributed by atoms with van der Waals surface area (Å²) in [5.74, 6) is 0.939. The first-order valence-corrected chi connectivity index (χ1v) is 10.3. The molecule has 1 aromatic heterocycles. The first kappa shape index (κ1) is 19.4. The van der Waals surface area contributed by atoms with Gasteiger partial charge in [-0.1, -0.05) is 0 Å². The van der Waals surface area contributed by atoms with Gasteiger partial charge in [-0.25, -0.2) is 0 Å². The molecule has 1 amide bonds. The summed E-state index contributed by atoms with van der Waals surface area (Å²) in [4.78, 5) is 20.2. The number of likely N-dealkylation sites (N-methyl/N-ethyl adjacent to an activating group) is 1. The van der Waals surface area contributed by atoms with Gasteiger partial charge in [0.25, 0.3) is 5.91 Å². The summed E-state index contributed by atoms with van der Waals surface area (Å²) in [7, 11) is 2.21. The van der Waals surface area contributed by atoms with Crippen molar-refractivity contribution in [3.05, 3.63) is 23.0 Å². The fourth-order valence-electron chi connectivity index (χ4n) is 4.79. The Hall–Kier alpha value is -1.33. The van der Waals surface area contributed by atoms with Crippen molar-refractivity contribution in [2.24, 2.45) is 5.92 Å². The molecule has 0 radical (unpaired) electrons. The summed E-state index contributed by atoms with van der Waals surface area (Å²) in [5, 5.41) is 0. The molecule has 1 unspecified atom stereocenters. The number of hydrogen-bond acceptors (Lipinski definition) is 3. The van der Waals surface area contributed by atoms with Crippen molar-refractivity contribution < 1.29 is 4.79 Å². The molecule has 3 rings (SSSR count). The molecule has 2 saturated heterocycles. The highest BCUT2D eigenvalue weighted by Gasteiger charge is 2.31. The molecule has 3 heterocycles. The Kier molecular flexibility index (Phi) is 6.08. The molecular weight excluding hydrogens is 324 g/mol. The Labute approximate surface area is 158 Å². The van der Waals surface area contributed by atoms with Crippen molar-refractivity contribution in [1.82, 2.24) is 19.3 Å². The van der Waals surface area contributed by atoms with Gasteiger partial charge in [-0.3, -0.25) is 9.69 Å². The fraction of sp³-hybridized carbons (Fsp3) is 0.762. The monoisotopic (exact) mass is 360 g/mol. The smallest absolute Gasteiger partial charge is 0.255 e. The molecule has 0 aliphatic carbocycles. The lowest BCUT2D eigenvalue weighted by Crippen LogP contribution is -2.52. The lowest BCUT2D eigenvalue weighted by molar-refractivity contribution is 0.0499. The minimum atomic E-state index is 0.225. The van der Waals surface area contributed by atoms with Crippen LogP contribution in [0.25, 0.3) is 0 Å². The van der Waals surface area contributed by atoms with E-state index >= 15 is 0 Å². The highest BCUT2D eigenvalue weighted by atomic mass is 16.2. The molecule has 2 aliphatic rings. The van der Waals surface area contributed by atoms with Gasteiger partial charge in [0.15, 0.2) is 0 Å². The third kappa shape index (κ3) is 3.84. The average Bonchev–Trinajstić information content (AvgIpc) is 2.95. The van der Waals surface area contributed by atoms with Gasteiger partial charge in [-0.15, -0.1) is 0 Å². The largest absolute Gasteiger partial charge is 0.349 e. The number of piperazine rings is 1. The number of carbonyl (C=O) groups is 1. The Morgan fingerprint density at radius 1 is 1.12 bits per heavy atom. The van der Waals surface area contributed by atoms with Crippen LogP contribution in [0.15, 0.2) is 6.07 Å². The number of hydrogen-bond donors (Lipinski definition) is 0. The van der Waals surface area contributed by atoms with E-state index in [2.05, 4.69) is 60.1 Å². The second kappa shape index (κ2) is 8.13. The first-order chi connectivity index (χ1) is 12.4. The number of aryl methyl sites for hydroxylation is 1. The van der Waals surface area contributed by atoms with E-state index in [4.69, 9.17) is 0 Å². The van der Waals surface area contributed by atoms with Crippen LogP contribution in [-0.2, 0) is 6.54 Å². The van der Waals surface area contributed by atoms with Gasteiger partial charge in [0.1, 0.15) is 0 Å². The Morgan fingerprint density at radius 2 is 1.73 bits per heavy atom. The van der Waals surface area contributed by atoms with E-state index in [0.717, 1.165) is 43.7 Å². The topological polar surface area (TPSA) is 31.7 Å². The molecule has 5 heteroatoms. The minimum absolute atomic E-state index is 0.225. The zero-order chi connectivity index (χ0) is 18.8. The highest BCUT2D eigenvalue weighted by molar-refractivity contribution is 5.95. The summed E-state index contributed by atoms with van der Waals surface area (Å²) in [6.45, 7) is 16.1. The van der Waals surface area contributed by atoms with E-state index in [9.17, 15) is 4.79 Å². The van der Waals surface area contributed by atoms with Crippen LogP contribution in [0, 0.1) is 19.8 Å². The van der Waals surface area contributed by atoms with Crippen LogP contribution in [0.2, 0.25) is 0 Å². The van der Waals surface area contributed by atoms with Crippen LogP contribution in [-0.4, -0.2) is 77.5 Å². The third-order valence-corrected chi connectivity index (χ3v) is 6.74. The highest BCUT2D eigenvalue weighted by Crippen LogP contribution is 2.26. The maximum atomic E-state index is 13.0. The van der Waals surface area contributed by atoms with Gasteiger partial charge in [-0.2, -0.15) is 0 Å². The fourth-order valence-corrected chi connectivity index (χ4v) is 4.79. The van der Waals surface area contributed by atoms with E-state index in [1.54, 1.807) is 0 Å². The summed E-state index contributed by atoms with van der Waals surface area (Å²) >= 11 is 0. The van der Waals surface area contributed by atoms with Crippen molar-refractivity contribution in [2.45, 2.75) is 53.1 Å². The zero-order valence-electron chi connectivity index (χ0n) is 17.3. The standard InChI is InChI=1S/C21H36N4O/c1-6-25-16(2)15-20(18(25)4)21(26)24-9-7-19(8-10-24)17(3)23-13-11-22(5)12-14-23/h15,17,19H,6-14H2,1-5H3. The van der Waals surface area contributed by atoms with Crippen LogP contribution in [0.5, 0.6) is 0 Å². The van der Waals surface area contributed by atoms with E-state index < -0.39 is 0 Å². The minimum Gasteiger partial charge on any atom is -0.349 e. The predicted octanol–water partition coefficient (Wildman–Crippen LogP) is 2.61. The zero-order valence-corrected chi connectivity index (χ0v) is 17.3. The van der Waals surface area contributed by atoms with Gasteiger partial charge < -0.3 is 14.4 Å². The van der Waals surface area contributed by atoms with Crippen LogP contribution < -0.4 is 0 Å². The number of rotatable bonds is 4. The quantitative estimate of drug-likeness (QED) is 0.827. The van der Waals surface area contributed by atoms with Crippen molar-refractivity contribution in [1.29, 1.82) is 0 Å². The molecule has 2 fully saturated rings. The molecule has 0 aromatic carbocycles. The van der Waals surface area contributed by atoms with Gasteiger partial charge in [-0.05, 0) is 59.6 Å². The van der Waals surface area contributed by atoms with E-state index in [1.165, 1.54) is 31.9 Å². The number of amides is 1. The summed E-state index contributed by atoms with van der Waals surface area (Å²) in [6.07, 6.45) is 2.26. The number of nitrogens with zero attached hydrogens (tertiary/aromatic N) is 4. The van der Waals surface area contributed by atoms with Crippen molar-refractivity contribution >= 4 is 5.91 Å². The normalized spacial score (nSPS) is 22.0. The van der Waals surface area contributed by atoms with Crippen LogP contribution in [0.4, 0.5) is 0 Å². The van der Waals surface area contributed by atoms with Gasteiger partial charge in [0.2, 0.25) is 0 Å². The van der Waals surface area contributed by atoms with Gasteiger partial charge in [0.05, 0.1) is 5.56 Å². The van der Waals surface area contributed by atoms with Crippen LogP contribution in [0.3, 0.4) is 0 Å². The van der Waals surface area contributed by atoms with Crippen LogP contribution in [0.1, 0.15) is 48.4 Å². The number of aromatic nitrogens is 1. The molecular formula is C21H36N4O. The average molecular weight is 361 g/mol. The van der Waals surface area contributed by atoms with E-state index in [1.807, 2.05) is 0 Å². The SMILES string of the molecule is CCn1c(C)cc(C(=O)N2CCC(C(C)N3CCN(C)CC3)CC2)c1C. The Bertz CT molecular complexity index is 622. The predicted molar refractivity (Wildman–Crippen MR) is 107 cm³/mol. The number of likely N-dealkylation sites (tertiary alicyclic amines) is 1. The molecule has 26 heavy (non-hydrogen) atoms. The molecule has 1 aromatic rings. The summed E-state index contributed by atoms with van der Waals surface area (Å²) in [6, 6.07) is 2.70. The lowest BCUT2D eigenvalue weighted by Gasteiger charge is -2.42.